The Balaban J connectivity index is 0.000000208. The number of carbonyl (C=O) groups is 1. The first kappa shape index (κ1) is 20.4. The van der Waals surface area contributed by atoms with E-state index in [9.17, 15) is 14.9 Å². The average molecular weight is 387 g/mol. The Kier molecular flexibility index (Phi) is 7.28. The average Bonchev–Trinajstić information content (AvgIpc) is 3.35. The van der Waals surface area contributed by atoms with Crippen molar-refractivity contribution in [1.82, 2.24) is 0 Å². The summed E-state index contributed by atoms with van der Waals surface area (Å²) in [6, 6.07) is 7.87. The lowest BCUT2D eigenvalue weighted by atomic mass is 10.1. The maximum absolute atomic E-state index is 10.6. The zero-order valence-electron chi connectivity index (χ0n) is 14.7. The van der Waals surface area contributed by atoms with Crippen LogP contribution in [-0.2, 0) is 11.2 Å². The summed E-state index contributed by atoms with van der Waals surface area (Å²) in [5, 5.41) is 23.5. The first-order valence-corrected chi connectivity index (χ1v) is 9.36. The number of non-ortho nitro benzene ring substituents is 1. The molecule has 1 atom stereocenters. The van der Waals surface area contributed by atoms with E-state index in [4.69, 9.17) is 16.7 Å². The fourth-order valence-electron chi connectivity index (χ4n) is 2.72. The molecule has 0 spiro atoms. The van der Waals surface area contributed by atoms with Crippen molar-refractivity contribution in [3.8, 4) is 6.07 Å². The summed E-state index contributed by atoms with van der Waals surface area (Å²) in [7, 11) is 0. The topological polar surface area (TPSA) is 139 Å². The number of nitrogens with zero attached hydrogens (tertiary/aromatic N) is 3. The number of nitrogens with two attached hydrogens (primary N) is 2. The van der Waals surface area contributed by atoms with Gasteiger partial charge in [0.1, 0.15) is 6.07 Å². The normalized spacial score (nSPS) is 14.0. The quantitative estimate of drug-likeness (QED) is 0.595. The van der Waals surface area contributed by atoms with E-state index in [0.717, 1.165) is 37.2 Å². The zero-order valence-corrected chi connectivity index (χ0v) is 15.5. The number of rotatable bonds is 5. The van der Waals surface area contributed by atoms with Crippen molar-refractivity contribution >= 4 is 28.6 Å². The molecule has 9 heteroatoms. The Morgan fingerprint density at radius 3 is 2.59 bits per heavy atom. The van der Waals surface area contributed by atoms with Crippen LogP contribution in [-0.4, -0.2) is 30.0 Å². The van der Waals surface area contributed by atoms with Gasteiger partial charge in [-0.25, -0.2) is 0 Å². The van der Waals surface area contributed by atoms with Crippen molar-refractivity contribution in [1.29, 1.82) is 5.26 Å². The maximum atomic E-state index is 10.6. The molecule has 4 N–H and O–H groups in total. The third-order valence-electron chi connectivity index (χ3n) is 4.16. The molecule has 1 aromatic carbocycles. The van der Waals surface area contributed by atoms with Gasteiger partial charge in [0.25, 0.3) is 5.69 Å². The van der Waals surface area contributed by atoms with Crippen LogP contribution >= 0.6 is 11.3 Å². The Bertz CT molecular complexity index is 826. The van der Waals surface area contributed by atoms with E-state index in [-0.39, 0.29) is 5.69 Å². The summed E-state index contributed by atoms with van der Waals surface area (Å²) in [6.07, 6.45) is 2.77. The lowest BCUT2D eigenvalue weighted by Gasteiger charge is -2.18. The largest absolute Gasteiger partial charge is 0.370 e. The van der Waals surface area contributed by atoms with Gasteiger partial charge < -0.3 is 16.4 Å². The highest BCUT2D eigenvalue weighted by atomic mass is 32.1. The first-order valence-electron chi connectivity index (χ1n) is 8.42. The van der Waals surface area contributed by atoms with Crippen LogP contribution in [0.25, 0.3) is 0 Å². The second-order valence-corrected chi connectivity index (χ2v) is 6.89. The predicted molar refractivity (Wildman–Crippen MR) is 104 cm³/mol. The van der Waals surface area contributed by atoms with Gasteiger partial charge in [-0.15, -0.1) is 0 Å². The molecule has 1 aliphatic heterocycles. The number of anilines is 1. The molecule has 1 unspecified atom stereocenters. The molecule has 2 aromatic rings. The zero-order chi connectivity index (χ0) is 19.8. The first-order chi connectivity index (χ1) is 12.9. The van der Waals surface area contributed by atoms with Crippen LogP contribution < -0.4 is 16.4 Å². The van der Waals surface area contributed by atoms with Gasteiger partial charge in [0.15, 0.2) is 0 Å². The minimum atomic E-state index is -0.551. The van der Waals surface area contributed by atoms with Gasteiger partial charge in [-0.05, 0) is 47.7 Å². The molecule has 0 bridgehead atoms. The molecule has 1 fully saturated rings. The monoisotopic (exact) mass is 387 g/mol. The van der Waals surface area contributed by atoms with Crippen molar-refractivity contribution in [2.75, 3.05) is 18.0 Å². The minimum Gasteiger partial charge on any atom is -0.370 e. The van der Waals surface area contributed by atoms with Crippen LogP contribution in [0.2, 0.25) is 0 Å². The van der Waals surface area contributed by atoms with Gasteiger partial charge >= 0.3 is 0 Å². The van der Waals surface area contributed by atoms with Crippen LogP contribution in [0.3, 0.4) is 0 Å². The van der Waals surface area contributed by atoms with E-state index in [1.54, 1.807) is 17.4 Å². The van der Waals surface area contributed by atoms with Gasteiger partial charge in [0.05, 0.1) is 22.2 Å². The Morgan fingerprint density at radius 2 is 2.07 bits per heavy atom. The van der Waals surface area contributed by atoms with Crippen molar-refractivity contribution in [3.05, 3.63) is 56.3 Å². The van der Waals surface area contributed by atoms with Gasteiger partial charge in [-0.2, -0.15) is 16.6 Å². The standard InChI is InChI=1S/C11H11N3O2.C7H10N2OS/c12-8-9-7-10(14(15)16)3-4-11(9)13-5-1-2-6-13;8-6(7(9)10)3-5-1-2-11-4-5/h3-4,7H,1-2,5-6H2;1-2,4,6H,3,8H2,(H2,9,10). The molecule has 0 saturated carbocycles. The smallest absolute Gasteiger partial charge is 0.270 e. The molecular weight excluding hydrogens is 366 g/mol. The van der Waals surface area contributed by atoms with E-state index >= 15 is 0 Å². The highest BCUT2D eigenvalue weighted by Crippen LogP contribution is 2.27. The number of nitriles is 1. The number of hydrogen-bond acceptors (Lipinski definition) is 7. The maximum Gasteiger partial charge on any atom is 0.270 e. The number of thiophene rings is 1. The second kappa shape index (κ2) is 9.66. The summed E-state index contributed by atoms with van der Waals surface area (Å²) in [5.74, 6) is -0.448. The number of nitro benzene ring substituents is 1. The summed E-state index contributed by atoms with van der Waals surface area (Å²) in [6.45, 7) is 1.85. The summed E-state index contributed by atoms with van der Waals surface area (Å²) in [5.41, 5.74) is 12.7. The predicted octanol–water partition coefficient (Wildman–Crippen LogP) is 2.17. The van der Waals surface area contributed by atoms with Gasteiger partial charge in [-0.1, -0.05) is 0 Å². The second-order valence-electron chi connectivity index (χ2n) is 6.11. The van der Waals surface area contributed by atoms with Crippen molar-refractivity contribution < 1.29 is 9.72 Å². The molecule has 8 nitrogen and oxygen atoms in total. The van der Waals surface area contributed by atoms with Crippen molar-refractivity contribution in [2.45, 2.75) is 25.3 Å². The molecule has 0 radical (unpaired) electrons. The molecule has 0 aliphatic carbocycles. The van der Waals surface area contributed by atoms with Gasteiger partial charge in [0.2, 0.25) is 5.91 Å². The van der Waals surface area contributed by atoms with Crippen molar-refractivity contribution in [3.63, 3.8) is 0 Å². The number of primary amides is 1. The molecule has 2 heterocycles. The summed E-state index contributed by atoms with van der Waals surface area (Å²) >= 11 is 1.59. The third-order valence-corrected chi connectivity index (χ3v) is 4.89. The number of nitro groups is 1. The van der Waals surface area contributed by atoms with Crippen LogP contribution in [0, 0.1) is 21.4 Å². The Hall–Kier alpha value is -2.96. The van der Waals surface area contributed by atoms with Crippen molar-refractivity contribution in [2.24, 2.45) is 11.5 Å². The molecule has 27 heavy (non-hydrogen) atoms. The molecular formula is C18H21N5O3S. The van der Waals surface area contributed by atoms with Crippen LogP contribution in [0.1, 0.15) is 24.0 Å². The van der Waals surface area contributed by atoms with E-state index < -0.39 is 16.9 Å². The molecule has 1 aliphatic rings. The summed E-state index contributed by atoms with van der Waals surface area (Å²) in [4.78, 5) is 22.7. The number of amides is 1. The highest BCUT2D eigenvalue weighted by Gasteiger charge is 2.18. The van der Waals surface area contributed by atoms with E-state index in [1.807, 2.05) is 22.9 Å². The fraction of sp³-hybridized carbons (Fsp3) is 0.333. The van der Waals surface area contributed by atoms with E-state index in [1.165, 1.54) is 12.1 Å². The van der Waals surface area contributed by atoms with Gasteiger partial charge in [-0.3, -0.25) is 14.9 Å². The number of benzene rings is 1. The third kappa shape index (κ3) is 5.77. The number of carbonyl (C=O) groups excluding carboxylic acids is 1. The highest BCUT2D eigenvalue weighted by molar-refractivity contribution is 7.07. The van der Waals surface area contributed by atoms with Crippen LogP contribution in [0.5, 0.6) is 0 Å². The molecule has 3 rings (SSSR count). The van der Waals surface area contributed by atoms with Crippen LogP contribution in [0.4, 0.5) is 11.4 Å². The molecule has 1 saturated heterocycles. The lowest BCUT2D eigenvalue weighted by Crippen LogP contribution is -2.37. The van der Waals surface area contributed by atoms with E-state index in [0.29, 0.717) is 12.0 Å². The fourth-order valence-corrected chi connectivity index (χ4v) is 3.41. The van der Waals surface area contributed by atoms with Crippen LogP contribution in [0.15, 0.2) is 35.0 Å². The Morgan fingerprint density at radius 1 is 1.37 bits per heavy atom. The number of hydrogen-bond donors (Lipinski definition) is 2. The SMILES string of the molecule is N#Cc1cc([N+](=O)[O-])ccc1N1CCCC1.NC(=O)C(N)Cc1ccsc1. The summed E-state index contributed by atoms with van der Waals surface area (Å²) < 4.78 is 0. The molecule has 142 valence electrons. The Labute approximate surface area is 161 Å². The molecule has 1 aromatic heterocycles. The van der Waals surface area contributed by atoms with Gasteiger partial charge in [0, 0.05) is 25.2 Å². The van der Waals surface area contributed by atoms with E-state index in [2.05, 4.69) is 4.90 Å². The minimum absolute atomic E-state index is 0.0282. The lowest BCUT2D eigenvalue weighted by molar-refractivity contribution is -0.384. The molecule has 1 amide bonds.